The summed E-state index contributed by atoms with van der Waals surface area (Å²) in [6, 6.07) is -0.601. The Kier molecular flexibility index (Phi) is 2.68. The molecule has 0 aromatic carbocycles. The maximum absolute atomic E-state index is 11.5. The van der Waals surface area contributed by atoms with Crippen molar-refractivity contribution in [3.05, 3.63) is 11.6 Å². The Balaban J connectivity index is 2.28. The highest BCUT2D eigenvalue weighted by Gasteiger charge is 2.52. The molecule has 0 aromatic heterocycles. The third kappa shape index (κ3) is 1.50. The zero-order valence-electron chi connectivity index (χ0n) is 8.37. The fourth-order valence-electron chi connectivity index (χ4n) is 1.57. The number of carboxylic acid groups (broad SMARTS) is 1. The number of fused-ring (bicyclic) bond motifs is 1. The molecule has 0 aliphatic carbocycles. The van der Waals surface area contributed by atoms with Gasteiger partial charge in [-0.3, -0.25) is 9.69 Å². The Hall–Kier alpha value is -1.41. The highest BCUT2D eigenvalue weighted by molar-refractivity contribution is 8.00. The zero-order chi connectivity index (χ0) is 11.9. The number of hydrogen-bond acceptors (Lipinski definition) is 6. The lowest BCUT2D eigenvalue weighted by molar-refractivity contribution is -0.145. The van der Waals surface area contributed by atoms with Crippen LogP contribution < -0.4 is 5.73 Å². The first kappa shape index (κ1) is 11.1. The van der Waals surface area contributed by atoms with Gasteiger partial charge in [-0.2, -0.15) is 0 Å². The van der Waals surface area contributed by atoms with Gasteiger partial charge >= 0.3 is 6.16 Å². The van der Waals surface area contributed by atoms with E-state index in [4.69, 9.17) is 15.6 Å². The number of carbonyl (C=O) groups excluding carboxylic acids is 1. The lowest BCUT2D eigenvalue weighted by Gasteiger charge is -2.46. The topological polar surface area (TPSA) is 102 Å². The minimum absolute atomic E-state index is 0.0644. The van der Waals surface area contributed by atoms with Crippen LogP contribution in [0.3, 0.4) is 0 Å². The number of carbonyl (C=O) groups is 2. The SMILES string of the molecule is COC1=C(OC(=O)O)N2C(=O)C(N)[C@@H]2SC1. The van der Waals surface area contributed by atoms with Gasteiger partial charge in [0.15, 0.2) is 5.76 Å². The van der Waals surface area contributed by atoms with Crippen LogP contribution in [-0.2, 0) is 14.3 Å². The lowest BCUT2D eigenvalue weighted by atomic mass is 10.1. The Morgan fingerprint density at radius 2 is 2.38 bits per heavy atom. The van der Waals surface area contributed by atoms with E-state index in [1.165, 1.54) is 23.8 Å². The number of rotatable bonds is 2. The van der Waals surface area contributed by atoms with Crippen molar-refractivity contribution >= 4 is 23.8 Å². The summed E-state index contributed by atoms with van der Waals surface area (Å²) in [4.78, 5) is 23.2. The van der Waals surface area contributed by atoms with Gasteiger partial charge in [-0.05, 0) is 0 Å². The number of methoxy groups -OCH3 is 1. The second-order valence-corrected chi connectivity index (χ2v) is 4.34. The first-order valence-corrected chi connectivity index (χ1v) is 5.49. The second-order valence-electron chi connectivity index (χ2n) is 3.24. The maximum atomic E-state index is 11.5. The average Bonchev–Trinajstić information content (AvgIpc) is 2.26. The molecule has 1 amide bonds. The van der Waals surface area contributed by atoms with E-state index in [9.17, 15) is 9.59 Å². The molecule has 88 valence electrons. The van der Waals surface area contributed by atoms with Crippen molar-refractivity contribution in [1.82, 2.24) is 4.90 Å². The summed E-state index contributed by atoms with van der Waals surface area (Å²) in [5.74, 6) is 0.332. The van der Waals surface area contributed by atoms with Gasteiger partial charge in [-0.15, -0.1) is 11.8 Å². The van der Waals surface area contributed by atoms with Crippen molar-refractivity contribution in [3.8, 4) is 0 Å². The zero-order valence-corrected chi connectivity index (χ0v) is 9.19. The molecule has 1 fully saturated rings. The highest BCUT2D eigenvalue weighted by Crippen LogP contribution is 2.39. The Morgan fingerprint density at radius 1 is 1.69 bits per heavy atom. The summed E-state index contributed by atoms with van der Waals surface area (Å²) in [6.07, 6.45) is -1.48. The summed E-state index contributed by atoms with van der Waals surface area (Å²) >= 11 is 1.41. The van der Waals surface area contributed by atoms with Crippen molar-refractivity contribution < 1.29 is 24.2 Å². The lowest BCUT2D eigenvalue weighted by Crippen LogP contribution is -2.68. The average molecular weight is 246 g/mol. The molecule has 0 saturated carbocycles. The van der Waals surface area contributed by atoms with Crippen LogP contribution in [0.5, 0.6) is 0 Å². The molecule has 2 heterocycles. The molecule has 2 atom stereocenters. The van der Waals surface area contributed by atoms with Gasteiger partial charge in [-0.25, -0.2) is 4.79 Å². The molecule has 0 radical (unpaired) electrons. The smallest absolute Gasteiger partial charge is 0.495 e. The molecule has 2 rings (SSSR count). The predicted octanol–water partition coefficient (Wildman–Crippen LogP) is -0.261. The summed E-state index contributed by atoms with van der Waals surface area (Å²) in [7, 11) is 1.39. The number of β-lactam (4-membered cyclic amide) rings is 1. The highest BCUT2D eigenvalue weighted by atomic mass is 32.2. The minimum Gasteiger partial charge on any atom is -0.495 e. The van der Waals surface area contributed by atoms with Gasteiger partial charge in [-0.1, -0.05) is 0 Å². The van der Waals surface area contributed by atoms with Gasteiger partial charge in [0.05, 0.1) is 12.9 Å². The number of nitrogens with zero attached hydrogens (tertiary/aromatic N) is 1. The van der Waals surface area contributed by atoms with Crippen molar-refractivity contribution in [2.45, 2.75) is 11.4 Å². The van der Waals surface area contributed by atoms with Crippen LogP contribution in [0.1, 0.15) is 0 Å². The van der Waals surface area contributed by atoms with Gasteiger partial charge in [0.2, 0.25) is 11.8 Å². The van der Waals surface area contributed by atoms with Gasteiger partial charge in [0.1, 0.15) is 11.4 Å². The van der Waals surface area contributed by atoms with E-state index >= 15 is 0 Å². The molecule has 16 heavy (non-hydrogen) atoms. The normalized spacial score (nSPS) is 28.4. The summed E-state index contributed by atoms with van der Waals surface area (Å²) in [5, 5.41) is 8.31. The molecule has 0 spiro atoms. The number of nitrogens with two attached hydrogens (primary N) is 1. The van der Waals surface area contributed by atoms with Gasteiger partial charge in [0.25, 0.3) is 0 Å². The van der Waals surface area contributed by atoms with E-state index in [1.54, 1.807) is 0 Å². The van der Waals surface area contributed by atoms with Crippen molar-refractivity contribution in [2.75, 3.05) is 12.9 Å². The molecule has 1 saturated heterocycles. The van der Waals surface area contributed by atoms with E-state index in [1.807, 2.05) is 0 Å². The van der Waals surface area contributed by atoms with E-state index in [2.05, 4.69) is 4.74 Å². The Bertz CT molecular complexity index is 383. The van der Waals surface area contributed by atoms with Crippen molar-refractivity contribution in [3.63, 3.8) is 0 Å². The molecule has 3 N–H and O–H groups in total. The predicted molar refractivity (Wildman–Crippen MR) is 54.2 cm³/mol. The fraction of sp³-hybridized carbons (Fsp3) is 0.500. The van der Waals surface area contributed by atoms with Crippen LogP contribution in [0.15, 0.2) is 11.6 Å². The second kappa shape index (κ2) is 3.87. The molecule has 2 aliphatic heterocycles. The molecule has 1 unspecified atom stereocenters. The first-order chi connectivity index (χ1) is 7.56. The Morgan fingerprint density at radius 3 is 2.94 bits per heavy atom. The van der Waals surface area contributed by atoms with E-state index < -0.39 is 12.2 Å². The fourth-order valence-corrected chi connectivity index (χ4v) is 2.81. The minimum atomic E-state index is -1.48. The number of ether oxygens (including phenoxy) is 2. The van der Waals surface area contributed by atoms with Crippen LogP contribution in [0, 0.1) is 0 Å². The molecule has 0 bridgehead atoms. The standard InChI is InChI=1S/C8H10N2O5S/c1-14-3-2-16-7-4(9)5(11)10(7)6(3)15-8(12)13/h4,7H,2,9H2,1H3,(H,12,13)/t4?,7-/m0/s1. The van der Waals surface area contributed by atoms with Gasteiger partial charge < -0.3 is 20.3 Å². The van der Waals surface area contributed by atoms with Crippen molar-refractivity contribution in [1.29, 1.82) is 0 Å². The van der Waals surface area contributed by atoms with Crippen molar-refractivity contribution in [2.24, 2.45) is 5.73 Å². The van der Waals surface area contributed by atoms with Gasteiger partial charge in [0, 0.05) is 0 Å². The van der Waals surface area contributed by atoms with Crippen LogP contribution in [-0.4, -0.2) is 46.3 Å². The third-order valence-electron chi connectivity index (χ3n) is 2.36. The van der Waals surface area contributed by atoms with E-state index in [0.717, 1.165) is 0 Å². The third-order valence-corrected chi connectivity index (χ3v) is 3.63. The Labute approximate surface area is 95.2 Å². The molecule has 7 nitrogen and oxygen atoms in total. The van der Waals surface area contributed by atoms with Crippen LogP contribution in [0.2, 0.25) is 0 Å². The van der Waals surface area contributed by atoms with Crippen LogP contribution in [0.4, 0.5) is 4.79 Å². The molecular weight excluding hydrogens is 236 g/mol. The van der Waals surface area contributed by atoms with Crippen LogP contribution in [0.25, 0.3) is 0 Å². The number of thioether (sulfide) groups is 1. The summed E-state index contributed by atoms with van der Waals surface area (Å²) < 4.78 is 9.53. The van der Waals surface area contributed by atoms with E-state index in [-0.39, 0.29) is 17.2 Å². The van der Waals surface area contributed by atoms with Crippen LogP contribution >= 0.6 is 11.8 Å². The monoisotopic (exact) mass is 246 g/mol. The number of amides is 1. The summed E-state index contributed by atoms with van der Waals surface area (Å²) in [5.41, 5.74) is 5.58. The quantitative estimate of drug-likeness (QED) is 0.511. The maximum Gasteiger partial charge on any atom is 0.512 e. The summed E-state index contributed by atoms with van der Waals surface area (Å²) in [6.45, 7) is 0. The first-order valence-electron chi connectivity index (χ1n) is 4.44. The largest absolute Gasteiger partial charge is 0.512 e. The molecule has 8 heteroatoms. The van der Waals surface area contributed by atoms with E-state index in [0.29, 0.717) is 11.5 Å². The molecule has 0 aromatic rings. The molecular formula is C8H10N2O5S. The number of hydrogen-bond donors (Lipinski definition) is 2. The molecule has 2 aliphatic rings.